The lowest BCUT2D eigenvalue weighted by Crippen LogP contribution is -2.36. The third kappa shape index (κ3) is 6.13. The number of nitrogens with zero attached hydrogens (tertiary/aromatic N) is 3. The van der Waals surface area contributed by atoms with Crippen LogP contribution in [0.25, 0.3) is 10.9 Å². The van der Waals surface area contributed by atoms with Crippen molar-refractivity contribution in [3.63, 3.8) is 0 Å². The summed E-state index contributed by atoms with van der Waals surface area (Å²) in [4.78, 5) is 32.9. The summed E-state index contributed by atoms with van der Waals surface area (Å²) in [5.74, 6) is -0.595. The molecule has 33 heavy (non-hydrogen) atoms. The second-order valence-corrected chi connectivity index (χ2v) is 8.50. The SMILES string of the molecule is COCCCn1c(=S)[nH]c2cc(C(=O)N(CCN(C)C)Cc3ccccc3F)ccc2c1=O. The maximum Gasteiger partial charge on any atom is 0.262 e. The Hall–Kier alpha value is -2.88. The molecule has 0 aliphatic carbocycles. The first-order chi connectivity index (χ1) is 15.8. The van der Waals surface area contributed by atoms with Gasteiger partial charge >= 0.3 is 0 Å². The van der Waals surface area contributed by atoms with Crippen LogP contribution in [0.15, 0.2) is 47.3 Å². The summed E-state index contributed by atoms with van der Waals surface area (Å²) >= 11 is 5.37. The van der Waals surface area contributed by atoms with Crippen molar-refractivity contribution in [1.82, 2.24) is 19.4 Å². The highest BCUT2D eigenvalue weighted by molar-refractivity contribution is 7.71. The Morgan fingerprint density at radius 3 is 2.64 bits per heavy atom. The molecule has 1 amide bonds. The highest BCUT2D eigenvalue weighted by Crippen LogP contribution is 2.16. The van der Waals surface area contributed by atoms with Crippen molar-refractivity contribution in [3.8, 4) is 0 Å². The Labute approximate surface area is 197 Å². The van der Waals surface area contributed by atoms with Gasteiger partial charge in [-0.2, -0.15) is 0 Å². The van der Waals surface area contributed by atoms with Gasteiger partial charge in [-0.3, -0.25) is 14.2 Å². The predicted octanol–water partition coefficient (Wildman–Crippen LogP) is 3.44. The second kappa shape index (κ2) is 11.3. The number of aromatic amines is 1. The first kappa shape index (κ1) is 24.8. The molecule has 0 unspecified atom stereocenters. The average Bonchev–Trinajstić information content (AvgIpc) is 2.79. The van der Waals surface area contributed by atoms with Gasteiger partial charge in [0.05, 0.1) is 10.9 Å². The van der Waals surface area contributed by atoms with Gasteiger partial charge in [-0.05, 0) is 57.0 Å². The van der Waals surface area contributed by atoms with Gasteiger partial charge in [0, 0.05) is 51.0 Å². The standard InChI is InChI=1S/C24H29FN4O3S/c1-27(2)12-13-28(16-18-7-4-5-8-20(18)25)22(30)17-9-10-19-21(15-17)26-24(33)29(23(19)31)11-6-14-32-3/h4-5,7-10,15H,6,11-14,16H2,1-3H3,(H,26,33). The van der Waals surface area contributed by atoms with Crippen molar-refractivity contribution >= 4 is 29.0 Å². The molecular formula is C24H29FN4O3S. The van der Waals surface area contributed by atoms with E-state index >= 15 is 0 Å². The number of halogens is 1. The summed E-state index contributed by atoms with van der Waals surface area (Å²) in [5, 5.41) is 0.450. The molecule has 0 atom stereocenters. The molecule has 1 N–H and O–H groups in total. The van der Waals surface area contributed by atoms with E-state index in [2.05, 4.69) is 4.98 Å². The number of benzene rings is 2. The molecule has 3 rings (SSSR count). The third-order valence-corrected chi connectivity index (χ3v) is 5.70. The summed E-state index contributed by atoms with van der Waals surface area (Å²) in [6.07, 6.45) is 0.660. The van der Waals surface area contributed by atoms with E-state index in [1.165, 1.54) is 10.6 Å². The summed E-state index contributed by atoms with van der Waals surface area (Å²) in [7, 11) is 5.44. The van der Waals surface area contributed by atoms with Gasteiger partial charge in [-0.15, -0.1) is 0 Å². The van der Waals surface area contributed by atoms with E-state index < -0.39 is 0 Å². The Bertz CT molecular complexity index is 1240. The van der Waals surface area contributed by atoms with Crippen LogP contribution in [0.4, 0.5) is 4.39 Å². The van der Waals surface area contributed by atoms with E-state index in [-0.39, 0.29) is 23.8 Å². The van der Waals surface area contributed by atoms with E-state index in [4.69, 9.17) is 17.0 Å². The summed E-state index contributed by atoms with van der Waals surface area (Å²) in [6, 6.07) is 11.3. The van der Waals surface area contributed by atoms with Gasteiger partial charge in [-0.25, -0.2) is 4.39 Å². The number of carbonyl (C=O) groups is 1. The topological polar surface area (TPSA) is 70.6 Å². The van der Waals surface area contributed by atoms with Gasteiger partial charge < -0.3 is 19.5 Å². The van der Waals surface area contributed by atoms with Crippen molar-refractivity contribution in [1.29, 1.82) is 0 Å². The number of hydrogen-bond acceptors (Lipinski definition) is 5. The van der Waals surface area contributed by atoms with E-state index in [1.807, 2.05) is 19.0 Å². The Kier molecular flexibility index (Phi) is 8.49. The number of H-pyrrole nitrogens is 1. The van der Waals surface area contributed by atoms with Crippen LogP contribution in [-0.2, 0) is 17.8 Å². The molecule has 0 aliphatic rings. The van der Waals surface area contributed by atoms with E-state index in [0.717, 1.165) is 0 Å². The Morgan fingerprint density at radius 2 is 1.94 bits per heavy atom. The monoisotopic (exact) mass is 472 g/mol. The van der Waals surface area contributed by atoms with Crippen molar-refractivity contribution in [3.05, 3.63) is 74.5 Å². The summed E-state index contributed by atoms with van der Waals surface area (Å²) < 4.78 is 21.1. The van der Waals surface area contributed by atoms with Crippen molar-refractivity contribution in [2.45, 2.75) is 19.5 Å². The molecular weight excluding hydrogens is 443 g/mol. The molecule has 0 spiro atoms. The fraction of sp³-hybridized carbons (Fsp3) is 0.375. The quantitative estimate of drug-likeness (QED) is 0.362. The minimum atomic E-state index is -0.350. The molecule has 1 aromatic heterocycles. The number of ether oxygens (including phenoxy) is 1. The van der Waals surface area contributed by atoms with Crippen molar-refractivity contribution < 1.29 is 13.9 Å². The summed E-state index contributed by atoms with van der Waals surface area (Å²) in [6.45, 7) is 2.17. The van der Waals surface area contributed by atoms with Crippen LogP contribution in [-0.4, -0.2) is 66.2 Å². The largest absolute Gasteiger partial charge is 0.385 e. The van der Waals surface area contributed by atoms with E-state index in [0.29, 0.717) is 59.5 Å². The number of fused-ring (bicyclic) bond motifs is 1. The van der Waals surface area contributed by atoms with Gasteiger partial charge in [0.1, 0.15) is 5.82 Å². The minimum absolute atomic E-state index is 0.147. The zero-order chi connectivity index (χ0) is 24.0. The number of aromatic nitrogens is 2. The van der Waals surface area contributed by atoms with Gasteiger partial charge in [0.15, 0.2) is 4.77 Å². The van der Waals surface area contributed by atoms with E-state index in [9.17, 15) is 14.0 Å². The zero-order valence-electron chi connectivity index (χ0n) is 19.1. The smallest absolute Gasteiger partial charge is 0.262 e. The Morgan fingerprint density at radius 1 is 1.18 bits per heavy atom. The number of carbonyl (C=O) groups excluding carboxylic acids is 1. The van der Waals surface area contributed by atoms with Crippen LogP contribution in [0.1, 0.15) is 22.3 Å². The molecule has 0 saturated carbocycles. The maximum absolute atomic E-state index is 14.3. The van der Waals surface area contributed by atoms with Crippen molar-refractivity contribution in [2.24, 2.45) is 0 Å². The van der Waals surface area contributed by atoms with Gasteiger partial charge in [-0.1, -0.05) is 18.2 Å². The molecule has 2 aromatic carbocycles. The number of rotatable bonds is 10. The fourth-order valence-electron chi connectivity index (χ4n) is 3.55. The fourth-order valence-corrected chi connectivity index (χ4v) is 3.83. The first-order valence-electron chi connectivity index (χ1n) is 10.7. The van der Waals surface area contributed by atoms with Crippen molar-refractivity contribution in [2.75, 3.05) is 40.9 Å². The molecule has 1 heterocycles. The van der Waals surface area contributed by atoms with Crippen LogP contribution < -0.4 is 5.56 Å². The number of amides is 1. The lowest BCUT2D eigenvalue weighted by molar-refractivity contribution is 0.0730. The van der Waals surface area contributed by atoms with Crippen LogP contribution >= 0.6 is 12.2 Å². The molecule has 9 heteroatoms. The predicted molar refractivity (Wildman–Crippen MR) is 130 cm³/mol. The highest BCUT2D eigenvalue weighted by atomic mass is 32.1. The molecule has 0 saturated heterocycles. The second-order valence-electron chi connectivity index (χ2n) is 8.12. The maximum atomic E-state index is 14.3. The number of likely N-dealkylation sites (N-methyl/N-ethyl adjacent to an activating group) is 1. The molecule has 176 valence electrons. The van der Waals surface area contributed by atoms with Gasteiger partial charge in [0.2, 0.25) is 0 Å². The highest BCUT2D eigenvalue weighted by Gasteiger charge is 2.19. The lowest BCUT2D eigenvalue weighted by Gasteiger charge is -2.25. The minimum Gasteiger partial charge on any atom is -0.385 e. The van der Waals surface area contributed by atoms with Crippen LogP contribution in [0.3, 0.4) is 0 Å². The lowest BCUT2D eigenvalue weighted by atomic mass is 10.1. The van der Waals surface area contributed by atoms with Gasteiger partial charge in [0.25, 0.3) is 11.5 Å². The molecule has 0 bridgehead atoms. The molecule has 3 aromatic rings. The van der Waals surface area contributed by atoms with Crippen LogP contribution in [0.5, 0.6) is 0 Å². The first-order valence-corrected chi connectivity index (χ1v) is 11.2. The third-order valence-electron chi connectivity index (χ3n) is 5.38. The Balaban J connectivity index is 1.93. The summed E-state index contributed by atoms with van der Waals surface area (Å²) in [5.41, 5.74) is 1.14. The molecule has 0 aliphatic heterocycles. The normalized spacial score (nSPS) is 11.3. The number of hydrogen-bond donors (Lipinski definition) is 1. The molecule has 0 fully saturated rings. The van der Waals surface area contributed by atoms with Crippen LogP contribution in [0.2, 0.25) is 0 Å². The number of methoxy groups -OCH3 is 1. The van der Waals surface area contributed by atoms with Crippen LogP contribution in [0, 0.1) is 10.6 Å². The average molecular weight is 473 g/mol. The molecule has 0 radical (unpaired) electrons. The molecule has 7 nitrogen and oxygen atoms in total. The zero-order valence-corrected chi connectivity index (χ0v) is 20.0. The number of nitrogens with one attached hydrogen (secondary N) is 1. The van der Waals surface area contributed by atoms with E-state index in [1.54, 1.807) is 48.4 Å².